The Morgan fingerprint density at radius 3 is 2.64 bits per heavy atom. The van der Waals surface area contributed by atoms with Crippen LogP contribution in [0.2, 0.25) is 0 Å². The van der Waals surface area contributed by atoms with Gasteiger partial charge < -0.3 is 15.4 Å². The van der Waals surface area contributed by atoms with Crippen molar-refractivity contribution in [3.63, 3.8) is 0 Å². The molecule has 0 rings (SSSR count). The summed E-state index contributed by atoms with van der Waals surface area (Å²) >= 11 is 0. The van der Waals surface area contributed by atoms with Gasteiger partial charge in [0.25, 0.3) is 0 Å². The van der Waals surface area contributed by atoms with Crippen LogP contribution in [0.25, 0.3) is 0 Å². The fourth-order valence-corrected chi connectivity index (χ4v) is 0.890. The number of likely N-dealkylation sites (N-methyl/N-ethyl adjacent to an activating group) is 1. The Kier molecular flexibility index (Phi) is 8.57. The van der Waals surface area contributed by atoms with E-state index in [1.165, 1.54) is 0 Å². The van der Waals surface area contributed by atoms with Crippen molar-refractivity contribution in [3.8, 4) is 0 Å². The average molecular weight is 202 g/mol. The van der Waals surface area contributed by atoms with Gasteiger partial charge in [0.15, 0.2) is 0 Å². The van der Waals surface area contributed by atoms with Gasteiger partial charge in [-0.25, -0.2) is 0 Å². The van der Waals surface area contributed by atoms with Gasteiger partial charge in [0.2, 0.25) is 5.91 Å². The lowest BCUT2D eigenvalue weighted by molar-refractivity contribution is -0.125. The molecule has 4 heteroatoms. The predicted octanol–water partition coefficient (Wildman–Crippen LogP) is 0.385. The number of hydrogen-bond donors (Lipinski definition) is 2. The van der Waals surface area contributed by atoms with Crippen molar-refractivity contribution in [1.82, 2.24) is 10.6 Å². The van der Waals surface area contributed by atoms with E-state index in [4.69, 9.17) is 4.74 Å². The summed E-state index contributed by atoms with van der Waals surface area (Å²) in [7, 11) is 1.85. The highest BCUT2D eigenvalue weighted by atomic mass is 16.5. The normalized spacial score (nSPS) is 10.6. The molecule has 0 atom stereocenters. The third kappa shape index (κ3) is 9.48. The lowest BCUT2D eigenvalue weighted by Crippen LogP contribution is -2.30. The smallest absolute Gasteiger partial charge is 0.245 e. The molecule has 0 aliphatic carbocycles. The van der Waals surface area contributed by atoms with Gasteiger partial charge in [-0.1, -0.05) is 13.8 Å². The van der Waals surface area contributed by atoms with Gasteiger partial charge in [-0.3, -0.25) is 4.79 Å². The van der Waals surface area contributed by atoms with Crippen LogP contribution >= 0.6 is 0 Å². The number of carbonyl (C=O) groups is 1. The highest BCUT2D eigenvalue weighted by Gasteiger charge is 2.00. The van der Waals surface area contributed by atoms with Crippen molar-refractivity contribution in [1.29, 1.82) is 0 Å². The molecule has 0 unspecified atom stereocenters. The Bertz CT molecular complexity index is 149. The summed E-state index contributed by atoms with van der Waals surface area (Å²) < 4.78 is 5.12. The predicted molar refractivity (Wildman–Crippen MR) is 57.2 cm³/mol. The minimum atomic E-state index is -0.0262. The summed E-state index contributed by atoms with van der Waals surface area (Å²) in [6.07, 6.45) is 1.02. The molecule has 0 saturated carbocycles. The first-order valence-electron chi connectivity index (χ1n) is 5.16. The average Bonchev–Trinajstić information content (AvgIpc) is 2.12. The highest BCUT2D eigenvalue weighted by molar-refractivity contribution is 5.77. The van der Waals surface area contributed by atoms with E-state index in [1.807, 2.05) is 7.05 Å². The third-order valence-corrected chi connectivity index (χ3v) is 1.77. The first-order chi connectivity index (χ1) is 6.66. The van der Waals surface area contributed by atoms with Gasteiger partial charge >= 0.3 is 0 Å². The van der Waals surface area contributed by atoms with Crippen LogP contribution in [0, 0.1) is 5.92 Å². The molecule has 84 valence electrons. The number of amides is 1. The van der Waals surface area contributed by atoms with Gasteiger partial charge in [-0.2, -0.15) is 0 Å². The Hall–Kier alpha value is -0.610. The summed E-state index contributed by atoms with van der Waals surface area (Å²) in [4.78, 5) is 11.1. The van der Waals surface area contributed by atoms with Crippen molar-refractivity contribution in [2.24, 2.45) is 5.92 Å². The molecule has 0 radical (unpaired) electrons. The second-order valence-electron chi connectivity index (χ2n) is 3.69. The molecule has 0 aromatic carbocycles. The number of carbonyl (C=O) groups excluding carboxylic acids is 1. The van der Waals surface area contributed by atoms with E-state index in [0.29, 0.717) is 12.5 Å². The van der Waals surface area contributed by atoms with Crippen molar-refractivity contribution in [3.05, 3.63) is 0 Å². The number of nitrogens with one attached hydrogen (secondary N) is 2. The summed E-state index contributed by atoms with van der Waals surface area (Å²) in [6.45, 7) is 6.53. The van der Waals surface area contributed by atoms with E-state index in [0.717, 1.165) is 19.5 Å². The van der Waals surface area contributed by atoms with Crippen LogP contribution < -0.4 is 10.6 Å². The maximum atomic E-state index is 11.1. The zero-order valence-corrected chi connectivity index (χ0v) is 9.43. The molecule has 0 heterocycles. The van der Waals surface area contributed by atoms with E-state index in [2.05, 4.69) is 24.5 Å². The first kappa shape index (κ1) is 13.4. The molecule has 0 aromatic rings. The standard InChI is InChI=1S/C10H22N2O2/c1-9(2)4-5-12-10(13)8-14-7-6-11-3/h9,11H,4-8H2,1-3H3,(H,12,13). The van der Waals surface area contributed by atoms with Gasteiger partial charge in [0.05, 0.1) is 6.61 Å². The van der Waals surface area contributed by atoms with E-state index in [9.17, 15) is 4.79 Å². The van der Waals surface area contributed by atoms with Crippen LogP contribution in [0.1, 0.15) is 20.3 Å². The maximum Gasteiger partial charge on any atom is 0.245 e. The lowest BCUT2D eigenvalue weighted by atomic mass is 10.1. The van der Waals surface area contributed by atoms with Crippen molar-refractivity contribution >= 4 is 5.91 Å². The Balaban J connectivity index is 3.20. The molecule has 0 aliphatic heterocycles. The quantitative estimate of drug-likeness (QED) is 0.560. The molecule has 0 fully saturated rings. The van der Waals surface area contributed by atoms with E-state index < -0.39 is 0 Å². The monoisotopic (exact) mass is 202 g/mol. The molecule has 0 aliphatic rings. The van der Waals surface area contributed by atoms with Crippen molar-refractivity contribution in [2.45, 2.75) is 20.3 Å². The zero-order valence-electron chi connectivity index (χ0n) is 9.43. The van der Waals surface area contributed by atoms with Crippen molar-refractivity contribution < 1.29 is 9.53 Å². The number of rotatable bonds is 8. The third-order valence-electron chi connectivity index (χ3n) is 1.77. The zero-order chi connectivity index (χ0) is 10.8. The molecule has 0 aromatic heterocycles. The minimum Gasteiger partial charge on any atom is -0.370 e. The van der Waals surface area contributed by atoms with Crippen LogP contribution in [0.15, 0.2) is 0 Å². The molecule has 14 heavy (non-hydrogen) atoms. The fraction of sp³-hybridized carbons (Fsp3) is 0.900. The van der Waals surface area contributed by atoms with E-state index in [1.54, 1.807) is 0 Å². The largest absolute Gasteiger partial charge is 0.370 e. The van der Waals surface area contributed by atoms with Crippen molar-refractivity contribution in [2.75, 3.05) is 33.4 Å². The van der Waals surface area contributed by atoms with Crippen LogP contribution in [0.3, 0.4) is 0 Å². The van der Waals surface area contributed by atoms with E-state index in [-0.39, 0.29) is 12.5 Å². The van der Waals surface area contributed by atoms with Crippen LogP contribution in [-0.4, -0.2) is 39.3 Å². The van der Waals surface area contributed by atoms with Crippen LogP contribution in [0.5, 0.6) is 0 Å². The Morgan fingerprint density at radius 2 is 2.07 bits per heavy atom. The second-order valence-corrected chi connectivity index (χ2v) is 3.69. The van der Waals surface area contributed by atoms with Gasteiger partial charge in [0, 0.05) is 13.1 Å². The van der Waals surface area contributed by atoms with Crippen LogP contribution in [-0.2, 0) is 9.53 Å². The molecular formula is C10H22N2O2. The number of hydrogen-bond acceptors (Lipinski definition) is 3. The summed E-state index contributed by atoms with van der Waals surface area (Å²) in [6, 6.07) is 0. The lowest BCUT2D eigenvalue weighted by Gasteiger charge is -2.07. The molecule has 0 spiro atoms. The Morgan fingerprint density at radius 1 is 1.36 bits per heavy atom. The fourth-order valence-electron chi connectivity index (χ4n) is 0.890. The summed E-state index contributed by atoms with van der Waals surface area (Å²) in [5, 5.41) is 5.75. The maximum absolute atomic E-state index is 11.1. The summed E-state index contributed by atoms with van der Waals surface area (Å²) in [5.74, 6) is 0.599. The SMILES string of the molecule is CNCCOCC(=O)NCCC(C)C. The topological polar surface area (TPSA) is 50.4 Å². The molecule has 4 nitrogen and oxygen atoms in total. The minimum absolute atomic E-state index is 0.0262. The van der Waals surface area contributed by atoms with Gasteiger partial charge in [-0.15, -0.1) is 0 Å². The molecule has 0 saturated heterocycles. The molecule has 1 amide bonds. The van der Waals surface area contributed by atoms with E-state index >= 15 is 0 Å². The second kappa shape index (κ2) is 8.97. The molecule has 0 bridgehead atoms. The van der Waals surface area contributed by atoms with Crippen LogP contribution in [0.4, 0.5) is 0 Å². The summed E-state index contributed by atoms with van der Waals surface area (Å²) in [5.41, 5.74) is 0. The number of ether oxygens (including phenoxy) is 1. The molecule has 2 N–H and O–H groups in total. The Labute approximate surface area is 86.4 Å². The first-order valence-corrected chi connectivity index (χ1v) is 5.16. The highest BCUT2D eigenvalue weighted by Crippen LogP contribution is 1.95. The van der Waals surface area contributed by atoms with Gasteiger partial charge in [0.1, 0.15) is 6.61 Å². The van der Waals surface area contributed by atoms with Gasteiger partial charge in [-0.05, 0) is 19.4 Å². The molecular weight excluding hydrogens is 180 g/mol.